The number of anilines is 1. The molecule has 0 radical (unpaired) electrons. The summed E-state index contributed by atoms with van der Waals surface area (Å²) < 4.78 is 5.32. The Morgan fingerprint density at radius 1 is 1.38 bits per heavy atom. The molecular formula is C12H20N2O2. The quantitative estimate of drug-likeness (QED) is 0.712. The zero-order valence-electron chi connectivity index (χ0n) is 10.0. The van der Waals surface area contributed by atoms with Crippen molar-refractivity contribution in [2.45, 2.75) is 20.5 Å². The third-order valence-electron chi connectivity index (χ3n) is 2.41. The van der Waals surface area contributed by atoms with Crippen LogP contribution < -0.4 is 4.90 Å². The van der Waals surface area contributed by atoms with Crippen molar-refractivity contribution in [1.29, 1.82) is 0 Å². The fourth-order valence-corrected chi connectivity index (χ4v) is 1.45. The molecule has 1 aromatic heterocycles. The highest BCUT2D eigenvalue weighted by Gasteiger charge is 2.04. The number of aromatic nitrogens is 1. The minimum atomic E-state index is 0.0400. The molecule has 0 spiro atoms. The van der Waals surface area contributed by atoms with Crippen molar-refractivity contribution < 1.29 is 9.84 Å². The van der Waals surface area contributed by atoms with Crippen LogP contribution in [0.5, 0.6) is 0 Å². The number of hydrogen-bond acceptors (Lipinski definition) is 4. The maximum absolute atomic E-state index is 8.92. The Morgan fingerprint density at radius 3 is 2.69 bits per heavy atom. The van der Waals surface area contributed by atoms with Gasteiger partial charge < -0.3 is 14.7 Å². The van der Waals surface area contributed by atoms with Gasteiger partial charge in [0.25, 0.3) is 0 Å². The molecule has 0 aliphatic rings. The molecule has 0 aliphatic carbocycles. The molecular weight excluding hydrogens is 204 g/mol. The van der Waals surface area contributed by atoms with E-state index in [4.69, 9.17) is 9.84 Å². The van der Waals surface area contributed by atoms with E-state index < -0.39 is 0 Å². The van der Waals surface area contributed by atoms with Gasteiger partial charge in [-0.05, 0) is 25.5 Å². The molecule has 16 heavy (non-hydrogen) atoms. The first kappa shape index (κ1) is 12.9. The highest BCUT2D eigenvalue weighted by atomic mass is 16.5. The number of rotatable bonds is 7. The lowest BCUT2D eigenvalue weighted by atomic mass is 10.3. The number of aliphatic hydroxyl groups excluding tert-OH is 1. The molecule has 1 heterocycles. The van der Waals surface area contributed by atoms with Crippen molar-refractivity contribution in [2.75, 3.05) is 31.2 Å². The topological polar surface area (TPSA) is 45.6 Å². The molecule has 0 saturated carbocycles. The maximum Gasteiger partial charge on any atom is 0.128 e. The fraction of sp³-hybridized carbons (Fsp3) is 0.583. The second kappa shape index (κ2) is 7.19. The summed E-state index contributed by atoms with van der Waals surface area (Å²) in [4.78, 5) is 6.46. The summed E-state index contributed by atoms with van der Waals surface area (Å²) in [6.07, 6.45) is 1.71. The third-order valence-corrected chi connectivity index (χ3v) is 2.41. The molecule has 0 aromatic carbocycles. The van der Waals surface area contributed by atoms with E-state index in [-0.39, 0.29) is 6.61 Å². The van der Waals surface area contributed by atoms with Crippen LogP contribution in [0.1, 0.15) is 19.4 Å². The van der Waals surface area contributed by atoms with Crippen LogP contribution in [0.25, 0.3) is 0 Å². The molecule has 0 fully saturated rings. The predicted molar refractivity (Wildman–Crippen MR) is 64.5 cm³/mol. The van der Waals surface area contributed by atoms with Gasteiger partial charge in [-0.15, -0.1) is 0 Å². The SMILES string of the molecule is CCOCCN(CC)c1ccc(CO)cn1. The lowest BCUT2D eigenvalue weighted by Crippen LogP contribution is -2.27. The Morgan fingerprint density at radius 2 is 2.19 bits per heavy atom. The fourth-order valence-electron chi connectivity index (χ4n) is 1.45. The largest absolute Gasteiger partial charge is 0.392 e. The van der Waals surface area contributed by atoms with E-state index in [1.165, 1.54) is 0 Å². The van der Waals surface area contributed by atoms with Gasteiger partial charge in [0.2, 0.25) is 0 Å². The van der Waals surface area contributed by atoms with Crippen molar-refractivity contribution in [3.8, 4) is 0 Å². The van der Waals surface area contributed by atoms with Crippen LogP contribution in [0, 0.1) is 0 Å². The van der Waals surface area contributed by atoms with Crippen LogP contribution in [0.2, 0.25) is 0 Å². The highest BCUT2D eigenvalue weighted by Crippen LogP contribution is 2.10. The molecule has 0 aliphatic heterocycles. The second-order valence-corrected chi connectivity index (χ2v) is 3.46. The van der Waals surface area contributed by atoms with Crippen molar-refractivity contribution >= 4 is 5.82 Å². The van der Waals surface area contributed by atoms with Gasteiger partial charge in [-0.2, -0.15) is 0 Å². The number of aliphatic hydroxyl groups is 1. The lowest BCUT2D eigenvalue weighted by Gasteiger charge is -2.21. The minimum Gasteiger partial charge on any atom is -0.392 e. The van der Waals surface area contributed by atoms with E-state index in [0.29, 0.717) is 6.61 Å². The Kier molecular flexibility index (Phi) is 5.82. The molecule has 1 N–H and O–H groups in total. The molecule has 0 amide bonds. The average molecular weight is 224 g/mol. The van der Waals surface area contributed by atoms with E-state index in [1.807, 2.05) is 19.1 Å². The minimum absolute atomic E-state index is 0.0400. The van der Waals surface area contributed by atoms with Crippen LogP contribution in [0.15, 0.2) is 18.3 Å². The first-order valence-electron chi connectivity index (χ1n) is 5.70. The van der Waals surface area contributed by atoms with Gasteiger partial charge in [0, 0.05) is 25.9 Å². The van der Waals surface area contributed by atoms with Gasteiger partial charge in [0.05, 0.1) is 13.2 Å². The van der Waals surface area contributed by atoms with Gasteiger partial charge in [-0.25, -0.2) is 4.98 Å². The molecule has 0 bridgehead atoms. The molecule has 0 atom stereocenters. The van der Waals surface area contributed by atoms with E-state index in [2.05, 4.69) is 16.8 Å². The summed E-state index contributed by atoms with van der Waals surface area (Å²) in [6.45, 7) is 7.33. The number of pyridine rings is 1. The second-order valence-electron chi connectivity index (χ2n) is 3.46. The van der Waals surface area contributed by atoms with Gasteiger partial charge in [-0.1, -0.05) is 6.07 Å². The summed E-state index contributed by atoms with van der Waals surface area (Å²) in [5.74, 6) is 0.930. The molecule has 4 nitrogen and oxygen atoms in total. The first-order chi connectivity index (χ1) is 7.81. The predicted octanol–water partition coefficient (Wildman–Crippen LogP) is 1.44. The van der Waals surface area contributed by atoms with Gasteiger partial charge in [0.15, 0.2) is 0 Å². The average Bonchev–Trinajstić information content (AvgIpc) is 2.35. The number of likely N-dealkylation sites (N-methyl/N-ethyl adjacent to an activating group) is 1. The van der Waals surface area contributed by atoms with Gasteiger partial charge in [0.1, 0.15) is 5.82 Å². The zero-order chi connectivity index (χ0) is 11.8. The van der Waals surface area contributed by atoms with Crippen molar-refractivity contribution in [1.82, 2.24) is 4.98 Å². The molecule has 1 aromatic rings. The van der Waals surface area contributed by atoms with E-state index >= 15 is 0 Å². The monoisotopic (exact) mass is 224 g/mol. The Bertz CT molecular complexity index is 288. The summed E-state index contributed by atoms with van der Waals surface area (Å²) in [5.41, 5.74) is 0.838. The van der Waals surface area contributed by atoms with Gasteiger partial charge >= 0.3 is 0 Å². The Labute approximate surface area is 96.9 Å². The molecule has 4 heteroatoms. The maximum atomic E-state index is 8.92. The number of nitrogens with zero attached hydrogens (tertiary/aromatic N) is 2. The van der Waals surface area contributed by atoms with Crippen LogP contribution in [0.4, 0.5) is 5.82 Å². The third kappa shape index (κ3) is 3.79. The zero-order valence-corrected chi connectivity index (χ0v) is 10.0. The van der Waals surface area contributed by atoms with Crippen LogP contribution in [-0.4, -0.2) is 36.4 Å². The number of hydrogen-bond donors (Lipinski definition) is 1. The molecule has 0 saturated heterocycles. The summed E-state index contributed by atoms with van der Waals surface area (Å²) in [7, 11) is 0. The van der Waals surface area contributed by atoms with Gasteiger partial charge in [-0.3, -0.25) is 0 Å². The Balaban J connectivity index is 2.56. The summed E-state index contributed by atoms with van der Waals surface area (Å²) in [5, 5.41) is 8.92. The van der Waals surface area contributed by atoms with E-state index in [0.717, 1.165) is 31.1 Å². The summed E-state index contributed by atoms with van der Waals surface area (Å²) >= 11 is 0. The summed E-state index contributed by atoms with van der Waals surface area (Å²) in [6, 6.07) is 3.83. The van der Waals surface area contributed by atoms with Crippen LogP contribution in [-0.2, 0) is 11.3 Å². The Hall–Kier alpha value is -1.13. The standard InChI is InChI=1S/C12H20N2O2/c1-3-14(7-8-16-4-2)12-6-5-11(10-15)9-13-12/h5-6,9,15H,3-4,7-8,10H2,1-2H3. The smallest absolute Gasteiger partial charge is 0.128 e. The van der Waals surface area contributed by atoms with Crippen molar-refractivity contribution in [2.24, 2.45) is 0 Å². The van der Waals surface area contributed by atoms with E-state index in [1.54, 1.807) is 6.20 Å². The normalized spacial score (nSPS) is 10.4. The first-order valence-corrected chi connectivity index (χ1v) is 5.70. The lowest BCUT2D eigenvalue weighted by molar-refractivity contribution is 0.154. The number of ether oxygens (including phenoxy) is 1. The highest BCUT2D eigenvalue weighted by molar-refractivity contribution is 5.38. The van der Waals surface area contributed by atoms with Crippen LogP contribution >= 0.6 is 0 Å². The molecule has 0 unspecified atom stereocenters. The van der Waals surface area contributed by atoms with Crippen molar-refractivity contribution in [3.05, 3.63) is 23.9 Å². The van der Waals surface area contributed by atoms with Crippen molar-refractivity contribution in [3.63, 3.8) is 0 Å². The van der Waals surface area contributed by atoms with E-state index in [9.17, 15) is 0 Å². The molecule has 90 valence electrons. The molecule has 1 rings (SSSR count). The van der Waals surface area contributed by atoms with Crippen LogP contribution in [0.3, 0.4) is 0 Å².